The molecule has 12 heavy (non-hydrogen) atoms. The summed E-state index contributed by atoms with van der Waals surface area (Å²) in [4.78, 5) is 8.09. The van der Waals surface area contributed by atoms with E-state index in [2.05, 4.69) is 25.9 Å². The average molecular weight is 225 g/mol. The summed E-state index contributed by atoms with van der Waals surface area (Å²) < 4.78 is 6.01. The molecule has 0 bridgehead atoms. The van der Waals surface area contributed by atoms with Crippen molar-refractivity contribution in [1.82, 2.24) is 9.97 Å². The molecule has 2 aromatic heterocycles. The summed E-state index contributed by atoms with van der Waals surface area (Å²) in [5.74, 6) is 0.544. The molecule has 0 saturated carbocycles. The molecule has 0 radical (unpaired) electrons. The van der Waals surface area contributed by atoms with Gasteiger partial charge in [-0.05, 0) is 28.1 Å². The first-order valence-electron chi connectivity index (χ1n) is 3.38. The van der Waals surface area contributed by atoms with E-state index in [1.54, 1.807) is 12.4 Å². The molecule has 0 fully saturated rings. The maximum absolute atomic E-state index is 5.07. The lowest BCUT2D eigenvalue weighted by molar-refractivity contribution is 0.572. The van der Waals surface area contributed by atoms with Gasteiger partial charge in [0.05, 0.1) is 6.20 Å². The van der Waals surface area contributed by atoms with Crippen LogP contribution in [0.25, 0.3) is 11.6 Å². The van der Waals surface area contributed by atoms with Crippen molar-refractivity contribution in [3.63, 3.8) is 0 Å². The fourth-order valence-corrected chi connectivity index (χ4v) is 1.09. The van der Waals surface area contributed by atoms with Gasteiger partial charge in [0.15, 0.2) is 0 Å². The Morgan fingerprint density at radius 1 is 1.25 bits per heavy atom. The maximum Gasteiger partial charge on any atom is 0.244 e. The van der Waals surface area contributed by atoms with Crippen molar-refractivity contribution in [3.05, 3.63) is 35.3 Å². The van der Waals surface area contributed by atoms with Crippen molar-refractivity contribution < 1.29 is 4.42 Å². The zero-order valence-corrected chi connectivity index (χ0v) is 7.65. The molecule has 0 aromatic carbocycles. The molecule has 0 aliphatic heterocycles. The van der Waals surface area contributed by atoms with Gasteiger partial charge >= 0.3 is 0 Å². The molecule has 60 valence electrons. The van der Waals surface area contributed by atoms with Crippen LogP contribution in [0.1, 0.15) is 0 Å². The zero-order chi connectivity index (χ0) is 8.39. The second-order valence-corrected chi connectivity index (χ2v) is 3.11. The summed E-state index contributed by atoms with van der Waals surface area (Å²) in [7, 11) is 0. The second kappa shape index (κ2) is 3.06. The lowest BCUT2D eigenvalue weighted by Crippen LogP contribution is -1.81. The minimum Gasteiger partial charge on any atom is -0.443 e. The highest BCUT2D eigenvalue weighted by atomic mass is 79.9. The van der Waals surface area contributed by atoms with Gasteiger partial charge < -0.3 is 4.42 Å². The summed E-state index contributed by atoms with van der Waals surface area (Å²) in [5.41, 5.74) is 0.739. The van der Waals surface area contributed by atoms with Gasteiger partial charge in [-0.15, -0.1) is 0 Å². The SMILES string of the molecule is Brc1ccc(-c2ncco2)nc1. The first-order valence-corrected chi connectivity index (χ1v) is 4.17. The molecule has 0 spiro atoms. The highest BCUT2D eigenvalue weighted by molar-refractivity contribution is 9.10. The van der Waals surface area contributed by atoms with Crippen LogP contribution in [0.5, 0.6) is 0 Å². The summed E-state index contributed by atoms with van der Waals surface area (Å²) >= 11 is 3.30. The van der Waals surface area contributed by atoms with Gasteiger partial charge in [0.2, 0.25) is 5.89 Å². The Bertz CT molecular complexity index is 355. The normalized spacial score (nSPS) is 10.1. The molecular weight excluding hydrogens is 220 g/mol. The van der Waals surface area contributed by atoms with E-state index in [1.165, 1.54) is 6.26 Å². The Hall–Kier alpha value is -1.16. The molecule has 0 saturated heterocycles. The fourth-order valence-electron chi connectivity index (χ4n) is 0.852. The minimum atomic E-state index is 0.544. The van der Waals surface area contributed by atoms with E-state index in [9.17, 15) is 0 Å². The highest BCUT2D eigenvalue weighted by Crippen LogP contribution is 2.16. The van der Waals surface area contributed by atoms with Crippen LogP contribution >= 0.6 is 15.9 Å². The smallest absolute Gasteiger partial charge is 0.244 e. The largest absolute Gasteiger partial charge is 0.443 e. The molecule has 0 aliphatic carbocycles. The molecule has 3 nitrogen and oxygen atoms in total. The van der Waals surface area contributed by atoms with Crippen LogP contribution in [0.15, 0.2) is 39.7 Å². The van der Waals surface area contributed by atoms with Crippen molar-refractivity contribution in [3.8, 4) is 11.6 Å². The van der Waals surface area contributed by atoms with Crippen molar-refractivity contribution in [2.45, 2.75) is 0 Å². The minimum absolute atomic E-state index is 0.544. The number of oxazole rings is 1. The van der Waals surface area contributed by atoms with E-state index in [-0.39, 0.29) is 0 Å². The van der Waals surface area contributed by atoms with Crippen LogP contribution in [-0.2, 0) is 0 Å². The number of nitrogens with zero attached hydrogens (tertiary/aromatic N) is 2. The van der Waals surface area contributed by atoms with Crippen LogP contribution in [0.3, 0.4) is 0 Å². The standard InChI is InChI=1S/C8H5BrN2O/c9-6-1-2-7(11-5-6)8-10-3-4-12-8/h1-5H. The molecule has 4 heteroatoms. The van der Waals surface area contributed by atoms with Crippen molar-refractivity contribution in [2.75, 3.05) is 0 Å². The van der Waals surface area contributed by atoms with Crippen molar-refractivity contribution in [1.29, 1.82) is 0 Å². The van der Waals surface area contributed by atoms with E-state index in [0.29, 0.717) is 5.89 Å². The number of hydrogen-bond acceptors (Lipinski definition) is 3. The monoisotopic (exact) mass is 224 g/mol. The molecule has 2 heterocycles. The molecule has 0 amide bonds. The third kappa shape index (κ3) is 1.38. The lowest BCUT2D eigenvalue weighted by atomic mass is 10.3. The molecule has 2 aromatic rings. The van der Waals surface area contributed by atoms with Crippen LogP contribution < -0.4 is 0 Å². The van der Waals surface area contributed by atoms with E-state index in [4.69, 9.17) is 4.42 Å². The Kier molecular flexibility index (Phi) is 1.91. The molecule has 0 unspecified atom stereocenters. The number of aromatic nitrogens is 2. The van der Waals surface area contributed by atoms with Crippen LogP contribution in [0.4, 0.5) is 0 Å². The molecule has 2 rings (SSSR count). The predicted octanol–water partition coefficient (Wildman–Crippen LogP) is 2.50. The van der Waals surface area contributed by atoms with E-state index in [0.717, 1.165) is 10.2 Å². The number of rotatable bonds is 1. The Balaban J connectivity index is 2.43. The van der Waals surface area contributed by atoms with Gasteiger partial charge in [0.1, 0.15) is 12.0 Å². The van der Waals surface area contributed by atoms with Gasteiger partial charge in [-0.2, -0.15) is 0 Å². The van der Waals surface area contributed by atoms with E-state index >= 15 is 0 Å². The number of hydrogen-bond donors (Lipinski definition) is 0. The quantitative estimate of drug-likeness (QED) is 0.748. The lowest BCUT2D eigenvalue weighted by Gasteiger charge is -1.92. The molecule has 0 aliphatic rings. The number of halogens is 1. The van der Waals surface area contributed by atoms with E-state index in [1.807, 2.05) is 12.1 Å². The zero-order valence-electron chi connectivity index (χ0n) is 6.07. The Morgan fingerprint density at radius 2 is 2.17 bits per heavy atom. The van der Waals surface area contributed by atoms with Gasteiger partial charge in [0, 0.05) is 10.7 Å². The number of pyridine rings is 1. The third-order valence-electron chi connectivity index (χ3n) is 1.38. The van der Waals surface area contributed by atoms with Crippen LogP contribution in [0.2, 0.25) is 0 Å². The van der Waals surface area contributed by atoms with Gasteiger partial charge in [-0.1, -0.05) is 0 Å². The average Bonchev–Trinajstić information content (AvgIpc) is 2.58. The second-order valence-electron chi connectivity index (χ2n) is 2.20. The van der Waals surface area contributed by atoms with Gasteiger partial charge in [-0.3, -0.25) is 4.98 Å². The third-order valence-corrected chi connectivity index (χ3v) is 1.85. The van der Waals surface area contributed by atoms with Crippen LogP contribution in [-0.4, -0.2) is 9.97 Å². The van der Waals surface area contributed by atoms with Crippen molar-refractivity contribution in [2.24, 2.45) is 0 Å². The summed E-state index contributed by atoms with van der Waals surface area (Å²) in [5, 5.41) is 0. The van der Waals surface area contributed by atoms with Gasteiger partial charge in [-0.25, -0.2) is 4.98 Å². The fraction of sp³-hybridized carbons (Fsp3) is 0. The van der Waals surface area contributed by atoms with Crippen LogP contribution in [0, 0.1) is 0 Å². The first kappa shape index (κ1) is 7.49. The summed E-state index contributed by atoms with van der Waals surface area (Å²) in [6.45, 7) is 0. The maximum atomic E-state index is 5.07. The first-order chi connectivity index (χ1) is 5.86. The summed E-state index contributed by atoms with van der Waals surface area (Å²) in [6.07, 6.45) is 4.83. The summed E-state index contributed by atoms with van der Waals surface area (Å²) in [6, 6.07) is 3.74. The Morgan fingerprint density at radius 3 is 2.75 bits per heavy atom. The predicted molar refractivity (Wildman–Crippen MR) is 47.4 cm³/mol. The topological polar surface area (TPSA) is 38.9 Å². The highest BCUT2D eigenvalue weighted by Gasteiger charge is 2.01. The molecule has 0 atom stereocenters. The molecular formula is C8H5BrN2O. The van der Waals surface area contributed by atoms with E-state index < -0.39 is 0 Å². The van der Waals surface area contributed by atoms with Gasteiger partial charge in [0.25, 0.3) is 0 Å². The Labute approximate surface area is 77.6 Å². The van der Waals surface area contributed by atoms with Crippen molar-refractivity contribution >= 4 is 15.9 Å². The molecule has 0 N–H and O–H groups in total.